The van der Waals surface area contributed by atoms with Crippen molar-refractivity contribution in [1.82, 2.24) is 10.2 Å². The summed E-state index contributed by atoms with van der Waals surface area (Å²) in [7, 11) is 0. The van der Waals surface area contributed by atoms with Crippen molar-refractivity contribution in [2.45, 2.75) is 50.5 Å². The molecular formula is C19H26N2O. The minimum absolute atomic E-state index is 0.234. The number of carbonyl (C=O) groups excluding carboxylic acids is 1. The predicted molar refractivity (Wildman–Crippen MR) is 87.7 cm³/mol. The van der Waals surface area contributed by atoms with Crippen LogP contribution in [-0.2, 0) is 10.2 Å². The standard InChI is InChI=1S/C19H26N2O/c1-2-21-11-9-19(10-12-21)13-17(20-18(22)14-7-8-14)15-5-3-4-6-16(15)19/h3-6,14,17H,2,7-13H2,1H3,(H,20,22). The number of nitrogens with one attached hydrogen (secondary N) is 1. The topological polar surface area (TPSA) is 32.3 Å². The quantitative estimate of drug-likeness (QED) is 0.930. The van der Waals surface area contributed by atoms with Crippen molar-refractivity contribution in [3.8, 4) is 0 Å². The Kier molecular flexibility index (Phi) is 3.48. The number of benzene rings is 1. The van der Waals surface area contributed by atoms with Crippen molar-refractivity contribution >= 4 is 5.91 Å². The van der Waals surface area contributed by atoms with Crippen LogP contribution in [0.5, 0.6) is 0 Å². The van der Waals surface area contributed by atoms with Crippen LogP contribution in [0.2, 0.25) is 0 Å². The smallest absolute Gasteiger partial charge is 0.223 e. The van der Waals surface area contributed by atoms with E-state index < -0.39 is 0 Å². The molecule has 1 atom stereocenters. The molecule has 1 aromatic rings. The van der Waals surface area contributed by atoms with Gasteiger partial charge in [0, 0.05) is 11.3 Å². The third kappa shape index (κ3) is 2.36. The fourth-order valence-electron chi connectivity index (χ4n) is 4.43. The van der Waals surface area contributed by atoms with Gasteiger partial charge in [-0.3, -0.25) is 4.79 Å². The summed E-state index contributed by atoms with van der Waals surface area (Å²) in [5.74, 6) is 0.577. The average molecular weight is 298 g/mol. The molecule has 2 fully saturated rings. The minimum atomic E-state index is 0.234. The zero-order valence-corrected chi connectivity index (χ0v) is 13.5. The molecule has 0 bridgehead atoms. The number of piperidine rings is 1. The van der Waals surface area contributed by atoms with Crippen LogP contribution in [0.1, 0.15) is 56.2 Å². The number of hydrogen-bond acceptors (Lipinski definition) is 2. The molecule has 0 aromatic heterocycles. The maximum absolute atomic E-state index is 12.2. The van der Waals surface area contributed by atoms with Gasteiger partial charge in [-0.15, -0.1) is 0 Å². The van der Waals surface area contributed by atoms with Gasteiger partial charge in [0.15, 0.2) is 0 Å². The van der Waals surface area contributed by atoms with Crippen molar-refractivity contribution in [1.29, 1.82) is 0 Å². The fraction of sp³-hybridized carbons (Fsp3) is 0.632. The van der Waals surface area contributed by atoms with E-state index in [-0.39, 0.29) is 11.9 Å². The number of carbonyl (C=O) groups is 1. The first-order valence-corrected chi connectivity index (χ1v) is 8.84. The van der Waals surface area contributed by atoms with Crippen LogP contribution < -0.4 is 5.32 Å². The lowest BCUT2D eigenvalue weighted by molar-refractivity contribution is -0.123. The van der Waals surface area contributed by atoms with E-state index in [1.54, 1.807) is 0 Å². The van der Waals surface area contributed by atoms with Gasteiger partial charge in [0.1, 0.15) is 0 Å². The highest BCUT2D eigenvalue weighted by Gasteiger charge is 2.46. The summed E-state index contributed by atoms with van der Waals surface area (Å²) in [6.07, 6.45) is 5.72. The first kappa shape index (κ1) is 14.3. The molecule has 1 unspecified atom stereocenters. The lowest BCUT2D eigenvalue weighted by Crippen LogP contribution is -2.42. The van der Waals surface area contributed by atoms with E-state index in [4.69, 9.17) is 0 Å². The summed E-state index contributed by atoms with van der Waals surface area (Å²) in [6.45, 7) is 5.78. The molecule has 3 nitrogen and oxygen atoms in total. The molecule has 2 aliphatic carbocycles. The Bertz CT molecular complexity index is 571. The Hall–Kier alpha value is -1.35. The summed E-state index contributed by atoms with van der Waals surface area (Å²) in [5, 5.41) is 3.34. The molecule has 1 N–H and O–H groups in total. The van der Waals surface area contributed by atoms with Crippen LogP contribution in [-0.4, -0.2) is 30.4 Å². The minimum Gasteiger partial charge on any atom is -0.349 e. The van der Waals surface area contributed by atoms with Crippen molar-refractivity contribution in [3.05, 3.63) is 35.4 Å². The van der Waals surface area contributed by atoms with Crippen LogP contribution >= 0.6 is 0 Å². The molecular weight excluding hydrogens is 272 g/mol. The highest BCUT2D eigenvalue weighted by atomic mass is 16.2. The molecule has 118 valence electrons. The van der Waals surface area contributed by atoms with Crippen molar-refractivity contribution in [2.24, 2.45) is 5.92 Å². The zero-order valence-electron chi connectivity index (χ0n) is 13.5. The van der Waals surface area contributed by atoms with E-state index in [0.717, 1.165) is 25.8 Å². The molecule has 1 aromatic carbocycles. The molecule has 0 radical (unpaired) electrons. The number of fused-ring (bicyclic) bond motifs is 2. The molecule has 1 saturated heterocycles. The van der Waals surface area contributed by atoms with Crippen LogP contribution in [0, 0.1) is 5.92 Å². The molecule has 1 heterocycles. The number of hydrogen-bond donors (Lipinski definition) is 1. The van der Waals surface area contributed by atoms with Gasteiger partial charge in [-0.25, -0.2) is 0 Å². The summed E-state index contributed by atoms with van der Waals surface area (Å²) in [4.78, 5) is 14.8. The Morgan fingerprint density at radius 3 is 2.68 bits per heavy atom. The monoisotopic (exact) mass is 298 g/mol. The highest BCUT2D eigenvalue weighted by molar-refractivity contribution is 5.81. The molecule has 1 spiro atoms. The van der Waals surface area contributed by atoms with E-state index in [9.17, 15) is 4.79 Å². The highest BCUT2D eigenvalue weighted by Crippen LogP contribution is 2.50. The summed E-state index contributed by atoms with van der Waals surface area (Å²) in [6, 6.07) is 9.05. The maximum Gasteiger partial charge on any atom is 0.223 e. The van der Waals surface area contributed by atoms with E-state index in [0.29, 0.717) is 11.3 Å². The van der Waals surface area contributed by atoms with Crippen LogP contribution in [0.15, 0.2) is 24.3 Å². The molecule has 3 aliphatic rings. The zero-order chi connectivity index (χ0) is 15.2. The van der Waals surface area contributed by atoms with Gasteiger partial charge in [-0.2, -0.15) is 0 Å². The van der Waals surface area contributed by atoms with Gasteiger partial charge in [0.2, 0.25) is 5.91 Å². The molecule has 1 aliphatic heterocycles. The van der Waals surface area contributed by atoms with Gasteiger partial charge >= 0.3 is 0 Å². The third-order valence-electron chi connectivity index (χ3n) is 6.03. The van der Waals surface area contributed by atoms with Crippen molar-refractivity contribution in [3.63, 3.8) is 0 Å². The lowest BCUT2D eigenvalue weighted by Gasteiger charge is -2.40. The van der Waals surface area contributed by atoms with Crippen molar-refractivity contribution < 1.29 is 4.79 Å². The summed E-state index contributed by atoms with van der Waals surface area (Å²) in [5.41, 5.74) is 3.18. The first-order valence-electron chi connectivity index (χ1n) is 8.84. The second-order valence-corrected chi connectivity index (χ2v) is 7.34. The number of rotatable bonds is 3. The maximum atomic E-state index is 12.2. The van der Waals surface area contributed by atoms with E-state index in [1.165, 1.54) is 37.1 Å². The SMILES string of the molecule is CCN1CCC2(CC1)CC(NC(=O)C1CC1)c1ccccc12. The van der Waals surface area contributed by atoms with E-state index in [1.807, 2.05) is 0 Å². The number of amides is 1. The fourth-order valence-corrected chi connectivity index (χ4v) is 4.43. The molecule has 4 rings (SSSR count). The van der Waals surface area contributed by atoms with E-state index >= 15 is 0 Å². The van der Waals surface area contributed by atoms with Gasteiger partial charge in [0.05, 0.1) is 6.04 Å². The number of nitrogens with zero attached hydrogens (tertiary/aromatic N) is 1. The van der Waals surface area contributed by atoms with Gasteiger partial charge < -0.3 is 10.2 Å². The second-order valence-electron chi connectivity index (χ2n) is 7.34. The molecule has 1 amide bonds. The molecule has 1 saturated carbocycles. The lowest BCUT2D eigenvalue weighted by atomic mass is 9.73. The van der Waals surface area contributed by atoms with Crippen LogP contribution in [0.4, 0.5) is 0 Å². The van der Waals surface area contributed by atoms with Gasteiger partial charge in [-0.1, -0.05) is 31.2 Å². The van der Waals surface area contributed by atoms with Gasteiger partial charge in [-0.05, 0) is 62.9 Å². The summed E-state index contributed by atoms with van der Waals surface area (Å²) < 4.78 is 0. The van der Waals surface area contributed by atoms with Gasteiger partial charge in [0.25, 0.3) is 0 Å². The Balaban J connectivity index is 1.58. The summed E-state index contributed by atoms with van der Waals surface area (Å²) >= 11 is 0. The Morgan fingerprint density at radius 1 is 1.27 bits per heavy atom. The Labute approximate surface area is 133 Å². The van der Waals surface area contributed by atoms with Crippen LogP contribution in [0.3, 0.4) is 0 Å². The van der Waals surface area contributed by atoms with Crippen LogP contribution in [0.25, 0.3) is 0 Å². The second kappa shape index (κ2) is 5.38. The predicted octanol–water partition coefficient (Wildman–Crippen LogP) is 3.01. The number of likely N-dealkylation sites (tertiary alicyclic amines) is 1. The first-order chi connectivity index (χ1) is 10.7. The van der Waals surface area contributed by atoms with Crippen molar-refractivity contribution in [2.75, 3.05) is 19.6 Å². The Morgan fingerprint density at radius 2 is 2.00 bits per heavy atom. The largest absolute Gasteiger partial charge is 0.349 e. The third-order valence-corrected chi connectivity index (χ3v) is 6.03. The average Bonchev–Trinajstić information content (AvgIpc) is 3.36. The molecule has 22 heavy (non-hydrogen) atoms. The normalized spacial score (nSPS) is 26.9. The molecule has 3 heteroatoms. The van der Waals surface area contributed by atoms with E-state index in [2.05, 4.69) is 41.4 Å².